The highest BCUT2D eigenvalue weighted by Crippen LogP contribution is 2.27. The van der Waals surface area contributed by atoms with Gasteiger partial charge in [0.1, 0.15) is 0 Å². The van der Waals surface area contributed by atoms with Gasteiger partial charge in [-0.15, -0.1) is 10.2 Å². The monoisotopic (exact) mass is 292 g/mol. The number of rotatable bonds is 3. The molecule has 0 aliphatic heterocycles. The lowest BCUT2D eigenvalue weighted by Gasteiger charge is -1.97. The standard InChI is InChI=1S/C15H8N4O3/c16-9-11-3-1-2-4-13(11)15-18-17-14(22-15)10-5-7-12(8-6-10)19(20)21/h1-8H. The second-order valence-electron chi connectivity index (χ2n) is 4.37. The van der Waals surface area contributed by atoms with E-state index in [1.54, 1.807) is 24.3 Å². The highest BCUT2D eigenvalue weighted by atomic mass is 16.6. The molecule has 22 heavy (non-hydrogen) atoms. The Morgan fingerprint density at radius 3 is 2.41 bits per heavy atom. The van der Waals surface area contributed by atoms with E-state index in [-0.39, 0.29) is 17.5 Å². The molecule has 0 saturated heterocycles. The van der Waals surface area contributed by atoms with Crippen molar-refractivity contribution in [3.63, 3.8) is 0 Å². The summed E-state index contributed by atoms with van der Waals surface area (Å²) in [4.78, 5) is 10.2. The van der Waals surface area contributed by atoms with E-state index in [2.05, 4.69) is 16.3 Å². The van der Waals surface area contributed by atoms with Gasteiger partial charge in [-0.05, 0) is 24.3 Å². The molecule has 1 heterocycles. The Morgan fingerprint density at radius 2 is 1.73 bits per heavy atom. The molecule has 0 aliphatic carbocycles. The number of hydrogen-bond acceptors (Lipinski definition) is 6. The van der Waals surface area contributed by atoms with Gasteiger partial charge < -0.3 is 4.42 Å². The van der Waals surface area contributed by atoms with Gasteiger partial charge in [0.25, 0.3) is 5.69 Å². The first-order valence-corrected chi connectivity index (χ1v) is 6.27. The van der Waals surface area contributed by atoms with Crippen LogP contribution in [0, 0.1) is 21.4 Å². The summed E-state index contributed by atoms with van der Waals surface area (Å²) >= 11 is 0. The normalized spacial score (nSPS) is 10.1. The van der Waals surface area contributed by atoms with Crippen molar-refractivity contribution in [1.82, 2.24) is 10.2 Å². The molecular weight excluding hydrogens is 284 g/mol. The molecule has 2 aromatic carbocycles. The fourth-order valence-electron chi connectivity index (χ4n) is 1.94. The maximum Gasteiger partial charge on any atom is 0.269 e. The van der Waals surface area contributed by atoms with E-state index in [9.17, 15) is 10.1 Å². The second-order valence-corrected chi connectivity index (χ2v) is 4.37. The smallest absolute Gasteiger partial charge is 0.269 e. The van der Waals surface area contributed by atoms with Crippen molar-refractivity contribution in [1.29, 1.82) is 5.26 Å². The number of nitro benzene ring substituents is 1. The Kier molecular flexibility index (Phi) is 3.34. The second kappa shape index (κ2) is 5.46. The number of hydrogen-bond donors (Lipinski definition) is 0. The molecule has 0 radical (unpaired) electrons. The molecular formula is C15H8N4O3. The minimum atomic E-state index is -0.480. The molecule has 3 rings (SSSR count). The number of nitrogens with zero attached hydrogens (tertiary/aromatic N) is 4. The molecule has 7 nitrogen and oxygen atoms in total. The van der Waals surface area contributed by atoms with Crippen LogP contribution in [-0.2, 0) is 0 Å². The largest absolute Gasteiger partial charge is 0.416 e. The van der Waals surface area contributed by atoms with Gasteiger partial charge in [-0.1, -0.05) is 12.1 Å². The highest BCUT2D eigenvalue weighted by molar-refractivity contribution is 5.64. The Hall–Kier alpha value is -3.53. The van der Waals surface area contributed by atoms with E-state index in [1.807, 2.05) is 0 Å². The van der Waals surface area contributed by atoms with Crippen molar-refractivity contribution < 1.29 is 9.34 Å². The van der Waals surface area contributed by atoms with Gasteiger partial charge >= 0.3 is 0 Å². The summed E-state index contributed by atoms with van der Waals surface area (Å²) in [5, 5.41) is 27.6. The first kappa shape index (κ1) is 13.5. The fourth-order valence-corrected chi connectivity index (χ4v) is 1.94. The third kappa shape index (κ3) is 2.41. The molecule has 0 atom stereocenters. The topological polar surface area (TPSA) is 106 Å². The predicted octanol–water partition coefficient (Wildman–Crippen LogP) is 3.18. The summed E-state index contributed by atoms with van der Waals surface area (Å²) < 4.78 is 5.56. The minimum Gasteiger partial charge on any atom is -0.416 e. The molecule has 0 unspecified atom stereocenters. The fraction of sp³-hybridized carbons (Fsp3) is 0. The highest BCUT2D eigenvalue weighted by Gasteiger charge is 2.14. The quantitative estimate of drug-likeness (QED) is 0.542. The number of benzene rings is 2. The molecule has 1 aromatic heterocycles. The van der Waals surface area contributed by atoms with E-state index in [0.29, 0.717) is 16.7 Å². The van der Waals surface area contributed by atoms with Crippen molar-refractivity contribution in [2.75, 3.05) is 0 Å². The number of nitriles is 1. The lowest BCUT2D eigenvalue weighted by Crippen LogP contribution is -1.87. The summed E-state index contributed by atoms with van der Waals surface area (Å²) in [5.74, 6) is 0.461. The summed E-state index contributed by atoms with van der Waals surface area (Å²) in [6, 6.07) is 14.7. The molecule has 0 fully saturated rings. The maximum atomic E-state index is 10.6. The van der Waals surface area contributed by atoms with Crippen LogP contribution in [0.1, 0.15) is 5.56 Å². The average Bonchev–Trinajstić information content (AvgIpc) is 3.04. The van der Waals surface area contributed by atoms with Crippen LogP contribution >= 0.6 is 0 Å². The van der Waals surface area contributed by atoms with E-state index in [1.165, 1.54) is 24.3 Å². The third-order valence-corrected chi connectivity index (χ3v) is 3.03. The van der Waals surface area contributed by atoms with Crippen molar-refractivity contribution in [3.8, 4) is 29.0 Å². The van der Waals surface area contributed by atoms with Gasteiger partial charge in [-0.3, -0.25) is 10.1 Å². The van der Waals surface area contributed by atoms with Gasteiger partial charge in [0, 0.05) is 17.7 Å². The molecule has 3 aromatic rings. The van der Waals surface area contributed by atoms with Crippen LogP contribution in [0.4, 0.5) is 5.69 Å². The Morgan fingerprint density at radius 1 is 1.05 bits per heavy atom. The maximum absolute atomic E-state index is 10.6. The van der Waals surface area contributed by atoms with Crippen LogP contribution in [0.5, 0.6) is 0 Å². The number of non-ortho nitro benzene ring substituents is 1. The SMILES string of the molecule is N#Cc1ccccc1-c1nnc(-c2ccc([N+](=O)[O-])cc2)o1. The van der Waals surface area contributed by atoms with Crippen LogP contribution in [0.2, 0.25) is 0 Å². The molecule has 7 heteroatoms. The Bertz CT molecular complexity index is 878. The molecule has 0 aliphatic rings. The summed E-state index contributed by atoms with van der Waals surface area (Å²) in [7, 11) is 0. The van der Waals surface area contributed by atoms with Crippen molar-refractivity contribution >= 4 is 5.69 Å². The average molecular weight is 292 g/mol. The molecule has 0 amide bonds. The molecule has 0 N–H and O–H groups in total. The summed E-state index contributed by atoms with van der Waals surface area (Å²) in [6.07, 6.45) is 0. The van der Waals surface area contributed by atoms with Crippen molar-refractivity contribution in [2.24, 2.45) is 0 Å². The van der Waals surface area contributed by atoms with Gasteiger partial charge in [0.2, 0.25) is 11.8 Å². The first-order chi connectivity index (χ1) is 10.7. The molecule has 0 saturated carbocycles. The number of aromatic nitrogens is 2. The zero-order chi connectivity index (χ0) is 15.5. The van der Waals surface area contributed by atoms with Gasteiger partial charge in [-0.2, -0.15) is 5.26 Å². The van der Waals surface area contributed by atoms with Crippen molar-refractivity contribution in [2.45, 2.75) is 0 Å². The van der Waals surface area contributed by atoms with E-state index < -0.39 is 4.92 Å². The number of nitro groups is 1. The minimum absolute atomic E-state index is 0.0154. The third-order valence-electron chi connectivity index (χ3n) is 3.03. The summed E-state index contributed by atoms with van der Waals surface area (Å²) in [5.41, 5.74) is 1.53. The molecule has 106 valence electrons. The zero-order valence-corrected chi connectivity index (χ0v) is 11.1. The van der Waals surface area contributed by atoms with Crippen LogP contribution in [0.3, 0.4) is 0 Å². The van der Waals surface area contributed by atoms with Crippen molar-refractivity contribution in [3.05, 3.63) is 64.2 Å². The van der Waals surface area contributed by atoms with Crippen LogP contribution < -0.4 is 0 Å². The van der Waals surface area contributed by atoms with Crippen LogP contribution in [0.25, 0.3) is 22.9 Å². The Balaban J connectivity index is 1.97. The lowest BCUT2D eigenvalue weighted by molar-refractivity contribution is -0.384. The van der Waals surface area contributed by atoms with Gasteiger partial charge in [0.15, 0.2) is 0 Å². The first-order valence-electron chi connectivity index (χ1n) is 6.27. The van der Waals surface area contributed by atoms with Gasteiger partial charge in [0.05, 0.1) is 22.1 Å². The van der Waals surface area contributed by atoms with Crippen LogP contribution in [-0.4, -0.2) is 15.1 Å². The molecule has 0 bridgehead atoms. The Labute approximate surface area is 124 Å². The van der Waals surface area contributed by atoms with E-state index in [0.717, 1.165) is 0 Å². The predicted molar refractivity (Wildman–Crippen MR) is 76.5 cm³/mol. The van der Waals surface area contributed by atoms with E-state index >= 15 is 0 Å². The lowest BCUT2D eigenvalue weighted by atomic mass is 10.1. The van der Waals surface area contributed by atoms with Gasteiger partial charge in [-0.25, -0.2) is 0 Å². The zero-order valence-electron chi connectivity index (χ0n) is 11.1. The van der Waals surface area contributed by atoms with E-state index in [4.69, 9.17) is 9.68 Å². The molecule has 0 spiro atoms. The summed E-state index contributed by atoms with van der Waals surface area (Å²) in [6.45, 7) is 0. The van der Waals surface area contributed by atoms with Crippen LogP contribution in [0.15, 0.2) is 52.9 Å².